The van der Waals surface area contributed by atoms with Crippen molar-refractivity contribution in [3.05, 3.63) is 58.0 Å². The van der Waals surface area contributed by atoms with E-state index in [2.05, 4.69) is 35.1 Å². The highest BCUT2D eigenvalue weighted by Gasteiger charge is 2.31. The molecule has 1 aromatic heterocycles. The van der Waals surface area contributed by atoms with Crippen molar-refractivity contribution in [2.24, 2.45) is 5.73 Å². The summed E-state index contributed by atoms with van der Waals surface area (Å²) in [5, 5.41) is 0.870. The van der Waals surface area contributed by atoms with E-state index >= 15 is 0 Å². The zero-order valence-corrected chi connectivity index (χ0v) is 12.1. The van der Waals surface area contributed by atoms with Crippen molar-refractivity contribution in [2.75, 3.05) is 0 Å². The lowest BCUT2D eigenvalue weighted by atomic mass is 9.81. The second kappa shape index (κ2) is 5.42. The summed E-state index contributed by atoms with van der Waals surface area (Å²) in [4.78, 5) is 18.3. The standard InChI is InChI=1S/C15H17N3OS/c1-9-8-12(20-15-17-7-6-13(19)18-15)14(16)11-5-3-2-4-10(9)11/h2-7,9,12,14H,8,16H2,1H3,(H,17,18,19). The first kappa shape index (κ1) is 13.4. The number of rotatable bonds is 2. The molecule has 5 heteroatoms. The van der Waals surface area contributed by atoms with Gasteiger partial charge in [0, 0.05) is 23.6 Å². The van der Waals surface area contributed by atoms with Gasteiger partial charge in [0.15, 0.2) is 5.16 Å². The van der Waals surface area contributed by atoms with E-state index in [0.29, 0.717) is 11.1 Å². The van der Waals surface area contributed by atoms with Gasteiger partial charge in [-0.2, -0.15) is 0 Å². The number of hydrogen-bond acceptors (Lipinski definition) is 4. The molecular formula is C15H17N3OS. The summed E-state index contributed by atoms with van der Waals surface area (Å²) < 4.78 is 0. The number of aromatic amines is 1. The number of hydrogen-bond donors (Lipinski definition) is 2. The van der Waals surface area contributed by atoms with Crippen molar-refractivity contribution < 1.29 is 0 Å². The molecule has 104 valence electrons. The number of H-pyrrole nitrogens is 1. The number of fused-ring (bicyclic) bond motifs is 1. The highest BCUT2D eigenvalue weighted by atomic mass is 32.2. The Balaban J connectivity index is 1.88. The van der Waals surface area contributed by atoms with Crippen molar-refractivity contribution in [2.45, 2.75) is 35.7 Å². The van der Waals surface area contributed by atoms with E-state index in [1.807, 2.05) is 6.07 Å². The molecule has 3 N–H and O–H groups in total. The number of nitrogens with two attached hydrogens (primary N) is 1. The summed E-state index contributed by atoms with van der Waals surface area (Å²) in [5.74, 6) is 0.471. The molecule has 0 saturated carbocycles. The Kier molecular flexibility index (Phi) is 3.63. The normalized spacial score (nSPS) is 25.2. The third-order valence-corrected chi connectivity index (χ3v) is 5.00. The maximum Gasteiger partial charge on any atom is 0.251 e. The van der Waals surface area contributed by atoms with Gasteiger partial charge in [-0.25, -0.2) is 4.98 Å². The Morgan fingerprint density at radius 2 is 2.05 bits per heavy atom. The highest BCUT2D eigenvalue weighted by Crippen LogP contribution is 2.42. The Labute approximate surface area is 121 Å². The zero-order chi connectivity index (χ0) is 14.1. The van der Waals surface area contributed by atoms with Crippen LogP contribution in [0, 0.1) is 0 Å². The first-order valence-electron chi connectivity index (χ1n) is 6.71. The molecular weight excluding hydrogens is 270 g/mol. The van der Waals surface area contributed by atoms with E-state index in [-0.39, 0.29) is 16.9 Å². The minimum atomic E-state index is -0.125. The summed E-state index contributed by atoms with van der Waals surface area (Å²) in [7, 11) is 0. The number of thioether (sulfide) groups is 1. The Morgan fingerprint density at radius 1 is 1.30 bits per heavy atom. The minimum absolute atomic E-state index is 0.0297. The molecule has 4 nitrogen and oxygen atoms in total. The Hall–Kier alpha value is -1.59. The van der Waals surface area contributed by atoms with Gasteiger partial charge < -0.3 is 10.7 Å². The maximum atomic E-state index is 11.3. The molecule has 0 aliphatic heterocycles. The van der Waals surface area contributed by atoms with Crippen molar-refractivity contribution >= 4 is 11.8 Å². The summed E-state index contributed by atoms with van der Waals surface area (Å²) in [6, 6.07) is 9.74. The van der Waals surface area contributed by atoms with Crippen LogP contribution in [0.4, 0.5) is 0 Å². The summed E-state index contributed by atoms with van der Waals surface area (Å²) >= 11 is 1.56. The lowest BCUT2D eigenvalue weighted by Crippen LogP contribution is -2.31. The van der Waals surface area contributed by atoms with Crippen LogP contribution in [-0.4, -0.2) is 15.2 Å². The molecule has 1 aromatic carbocycles. The molecule has 0 fully saturated rings. The molecule has 3 rings (SSSR count). The van der Waals surface area contributed by atoms with Crippen LogP contribution in [0.25, 0.3) is 0 Å². The van der Waals surface area contributed by atoms with Crippen LogP contribution in [0.3, 0.4) is 0 Å². The van der Waals surface area contributed by atoms with Gasteiger partial charge in [-0.3, -0.25) is 4.79 Å². The third kappa shape index (κ3) is 2.51. The topological polar surface area (TPSA) is 71.8 Å². The van der Waals surface area contributed by atoms with E-state index in [4.69, 9.17) is 5.73 Å². The molecule has 1 aliphatic rings. The van der Waals surface area contributed by atoms with Crippen LogP contribution in [0.2, 0.25) is 0 Å². The van der Waals surface area contributed by atoms with Gasteiger partial charge in [0.1, 0.15) is 0 Å². The average molecular weight is 287 g/mol. The first-order valence-corrected chi connectivity index (χ1v) is 7.59. The molecule has 1 heterocycles. The fourth-order valence-corrected chi connectivity index (χ4v) is 4.01. The largest absolute Gasteiger partial charge is 0.323 e. The van der Waals surface area contributed by atoms with E-state index in [9.17, 15) is 4.79 Å². The van der Waals surface area contributed by atoms with Crippen molar-refractivity contribution in [1.29, 1.82) is 0 Å². The lowest BCUT2D eigenvalue weighted by Gasteiger charge is -2.34. The van der Waals surface area contributed by atoms with Gasteiger partial charge in [-0.05, 0) is 23.5 Å². The molecule has 3 unspecified atom stereocenters. The van der Waals surface area contributed by atoms with Crippen LogP contribution in [0.5, 0.6) is 0 Å². The average Bonchev–Trinajstić information content (AvgIpc) is 2.45. The van der Waals surface area contributed by atoms with Crippen LogP contribution in [0.1, 0.15) is 36.4 Å². The highest BCUT2D eigenvalue weighted by molar-refractivity contribution is 7.99. The van der Waals surface area contributed by atoms with E-state index in [0.717, 1.165) is 6.42 Å². The molecule has 0 spiro atoms. The monoisotopic (exact) mass is 287 g/mol. The molecule has 0 radical (unpaired) electrons. The van der Waals surface area contributed by atoms with Gasteiger partial charge in [0.25, 0.3) is 5.56 Å². The quantitative estimate of drug-likeness (QED) is 0.832. The van der Waals surface area contributed by atoms with Crippen molar-refractivity contribution in [1.82, 2.24) is 9.97 Å². The summed E-state index contributed by atoms with van der Waals surface area (Å²) in [6.07, 6.45) is 2.52. The first-order chi connectivity index (χ1) is 9.65. The van der Waals surface area contributed by atoms with Crippen LogP contribution >= 0.6 is 11.8 Å². The molecule has 0 bridgehead atoms. The van der Waals surface area contributed by atoms with Gasteiger partial charge in [-0.1, -0.05) is 43.0 Å². The Morgan fingerprint density at radius 3 is 2.80 bits per heavy atom. The Bertz CT molecular complexity index is 670. The molecule has 2 aromatic rings. The maximum absolute atomic E-state index is 11.3. The summed E-state index contributed by atoms with van der Waals surface area (Å²) in [6.45, 7) is 2.22. The van der Waals surface area contributed by atoms with Crippen LogP contribution in [0.15, 0.2) is 46.5 Å². The molecule has 3 atom stereocenters. The van der Waals surface area contributed by atoms with E-state index in [1.165, 1.54) is 23.4 Å². The van der Waals surface area contributed by atoms with Crippen molar-refractivity contribution in [3.63, 3.8) is 0 Å². The second-order valence-corrected chi connectivity index (χ2v) is 6.41. The SMILES string of the molecule is CC1CC(Sc2nccc(=O)[nH]2)C(N)c2ccccc21. The fourth-order valence-electron chi connectivity index (χ4n) is 2.76. The van der Waals surface area contributed by atoms with Crippen LogP contribution < -0.4 is 11.3 Å². The molecule has 0 saturated heterocycles. The lowest BCUT2D eigenvalue weighted by molar-refractivity contribution is 0.526. The number of aromatic nitrogens is 2. The second-order valence-electron chi connectivity index (χ2n) is 5.19. The fraction of sp³-hybridized carbons (Fsp3) is 0.333. The summed E-state index contributed by atoms with van der Waals surface area (Å²) in [5.41, 5.74) is 8.82. The van der Waals surface area contributed by atoms with Gasteiger partial charge in [0.2, 0.25) is 0 Å². The van der Waals surface area contributed by atoms with Crippen LogP contribution in [-0.2, 0) is 0 Å². The molecule has 1 aliphatic carbocycles. The van der Waals surface area contributed by atoms with Crippen molar-refractivity contribution in [3.8, 4) is 0 Å². The zero-order valence-electron chi connectivity index (χ0n) is 11.2. The number of benzene rings is 1. The third-order valence-electron chi connectivity index (χ3n) is 3.78. The smallest absolute Gasteiger partial charge is 0.251 e. The predicted molar refractivity (Wildman–Crippen MR) is 80.9 cm³/mol. The number of nitrogens with one attached hydrogen (secondary N) is 1. The predicted octanol–water partition coefficient (Wildman–Crippen LogP) is 2.44. The minimum Gasteiger partial charge on any atom is -0.323 e. The van der Waals surface area contributed by atoms with E-state index in [1.54, 1.807) is 11.8 Å². The van der Waals surface area contributed by atoms with E-state index < -0.39 is 0 Å². The molecule has 20 heavy (non-hydrogen) atoms. The van der Waals surface area contributed by atoms with Gasteiger partial charge >= 0.3 is 0 Å². The molecule has 0 amide bonds. The van der Waals surface area contributed by atoms with Gasteiger partial charge in [-0.15, -0.1) is 0 Å². The number of nitrogens with zero attached hydrogens (tertiary/aromatic N) is 1. The van der Waals surface area contributed by atoms with Gasteiger partial charge in [0.05, 0.1) is 0 Å².